The summed E-state index contributed by atoms with van der Waals surface area (Å²) in [5, 5.41) is -0.553. The summed E-state index contributed by atoms with van der Waals surface area (Å²) in [5.41, 5.74) is 0.748. The summed E-state index contributed by atoms with van der Waals surface area (Å²) in [7, 11) is -4.16. The van der Waals surface area contributed by atoms with E-state index < -0.39 is 31.7 Å². The number of hydrogen-bond donors (Lipinski definition) is 1. The molecule has 0 aromatic heterocycles. The molecule has 2 aromatic rings. The van der Waals surface area contributed by atoms with E-state index in [2.05, 4.69) is 4.72 Å². The number of alkyl halides is 3. The largest absolute Gasteiger partial charge is 0.417 e. The van der Waals surface area contributed by atoms with Gasteiger partial charge in [0.15, 0.2) is 0 Å². The Balaban J connectivity index is 2.44. The van der Waals surface area contributed by atoms with Crippen LogP contribution in [0.25, 0.3) is 0 Å². The second kappa shape index (κ2) is 6.05. The highest BCUT2D eigenvalue weighted by Gasteiger charge is 2.34. The first kappa shape index (κ1) is 17.6. The van der Waals surface area contributed by atoms with Crippen LogP contribution in [0.4, 0.5) is 18.9 Å². The summed E-state index contributed by atoms with van der Waals surface area (Å²) >= 11 is 5.50. The van der Waals surface area contributed by atoms with Crippen LogP contribution >= 0.6 is 11.6 Å². The van der Waals surface area contributed by atoms with E-state index in [9.17, 15) is 21.6 Å². The Hall–Kier alpha value is -1.73. The Morgan fingerprint density at radius 3 is 2.09 bits per heavy atom. The predicted octanol–water partition coefficient (Wildman–Crippen LogP) is 4.78. The Morgan fingerprint density at radius 1 is 1.00 bits per heavy atom. The van der Waals surface area contributed by atoms with Gasteiger partial charge < -0.3 is 0 Å². The molecule has 2 aromatic carbocycles. The summed E-state index contributed by atoms with van der Waals surface area (Å²) in [6, 6.07) is 7.49. The molecule has 0 saturated carbocycles. The second-order valence-corrected chi connectivity index (χ2v) is 7.21. The van der Waals surface area contributed by atoms with Crippen LogP contribution < -0.4 is 4.72 Å². The molecule has 2 rings (SSSR count). The van der Waals surface area contributed by atoms with Crippen LogP contribution in [0.2, 0.25) is 5.02 Å². The molecule has 1 N–H and O–H groups in total. The third-order valence-electron chi connectivity index (χ3n) is 3.03. The molecule has 0 saturated heterocycles. The smallest absolute Gasteiger partial charge is 0.280 e. The van der Waals surface area contributed by atoms with Gasteiger partial charge in [0.25, 0.3) is 10.0 Å². The molecule has 0 unspecified atom stereocenters. The van der Waals surface area contributed by atoms with Crippen molar-refractivity contribution in [2.75, 3.05) is 4.72 Å². The van der Waals surface area contributed by atoms with E-state index in [4.69, 9.17) is 11.6 Å². The van der Waals surface area contributed by atoms with Crippen LogP contribution in [0.5, 0.6) is 0 Å². The number of anilines is 1. The number of rotatable bonds is 3. The van der Waals surface area contributed by atoms with Crippen molar-refractivity contribution in [3.8, 4) is 0 Å². The summed E-state index contributed by atoms with van der Waals surface area (Å²) in [4.78, 5) is -0.506. The van der Waals surface area contributed by atoms with Gasteiger partial charge in [0.05, 0.1) is 15.5 Å². The van der Waals surface area contributed by atoms with Crippen molar-refractivity contribution in [2.24, 2.45) is 0 Å². The molecule has 0 bridgehead atoms. The van der Waals surface area contributed by atoms with Crippen LogP contribution in [0, 0.1) is 13.8 Å². The lowest BCUT2D eigenvalue weighted by Gasteiger charge is -2.13. The van der Waals surface area contributed by atoms with E-state index in [1.54, 1.807) is 26.0 Å². The first-order chi connectivity index (χ1) is 10.5. The van der Waals surface area contributed by atoms with Gasteiger partial charge in [-0.15, -0.1) is 0 Å². The molecule has 3 nitrogen and oxygen atoms in total. The number of aryl methyl sites for hydroxylation is 2. The molecular weight excluding hydrogens is 351 g/mol. The van der Waals surface area contributed by atoms with Gasteiger partial charge in [-0.3, -0.25) is 4.72 Å². The molecule has 0 aliphatic heterocycles. The number of nitrogens with one attached hydrogen (secondary N) is 1. The van der Waals surface area contributed by atoms with Gasteiger partial charge in [-0.25, -0.2) is 8.42 Å². The fourth-order valence-corrected chi connectivity index (χ4v) is 3.43. The molecule has 124 valence electrons. The zero-order valence-electron chi connectivity index (χ0n) is 12.2. The van der Waals surface area contributed by atoms with Gasteiger partial charge in [-0.05, 0) is 55.3 Å². The standard InChI is InChI=1S/C15H13ClF3NO2S/c1-9-5-10(2)7-11(6-9)20-23(21,22)12-3-4-14(16)13(8-12)15(17,18)19/h3-8,20H,1-2H3. The van der Waals surface area contributed by atoms with Crippen LogP contribution in [0.3, 0.4) is 0 Å². The minimum Gasteiger partial charge on any atom is -0.280 e. The number of sulfonamides is 1. The summed E-state index contributed by atoms with van der Waals surface area (Å²) < 4.78 is 65.4. The highest BCUT2D eigenvalue weighted by molar-refractivity contribution is 7.92. The van der Waals surface area contributed by atoms with Crippen LogP contribution in [0.15, 0.2) is 41.3 Å². The molecule has 8 heteroatoms. The molecule has 0 radical (unpaired) electrons. The average molecular weight is 364 g/mol. The lowest BCUT2D eigenvalue weighted by molar-refractivity contribution is -0.137. The lowest BCUT2D eigenvalue weighted by Crippen LogP contribution is -2.15. The summed E-state index contributed by atoms with van der Waals surface area (Å²) in [5.74, 6) is 0. The molecule has 0 fully saturated rings. The van der Waals surface area contributed by atoms with Crippen LogP contribution in [0.1, 0.15) is 16.7 Å². The molecule has 0 atom stereocenters. The first-order valence-electron chi connectivity index (χ1n) is 6.47. The highest BCUT2D eigenvalue weighted by atomic mass is 35.5. The van der Waals surface area contributed by atoms with E-state index >= 15 is 0 Å². The summed E-state index contributed by atoms with van der Waals surface area (Å²) in [6.45, 7) is 3.57. The topological polar surface area (TPSA) is 46.2 Å². The highest BCUT2D eigenvalue weighted by Crippen LogP contribution is 2.36. The number of halogens is 4. The van der Waals surface area contributed by atoms with E-state index in [1.165, 1.54) is 0 Å². The van der Waals surface area contributed by atoms with Gasteiger partial charge in [-0.2, -0.15) is 13.2 Å². The third kappa shape index (κ3) is 4.17. The Bertz CT molecular complexity index is 828. The average Bonchev–Trinajstić information content (AvgIpc) is 2.35. The fraction of sp³-hybridized carbons (Fsp3) is 0.200. The monoisotopic (exact) mass is 363 g/mol. The van der Waals surface area contributed by atoms with Gasteiger partial charge in [0.2, 0.25) is 0 Å². The zero-order chi connectivity index (χ0) is 17.4. The molecule has 0 heterocycles. The second-order valence-electron chi connectivity index (χ2n) is 5.12. The van der Waals surface area contributed by atoms with Crippen molar-refractivity contribution in [2.45, 2.75) is 24.9 Å². The molecule has 0 aliphatic carbocycles. The van der Waals surface area contributed by atoms with Crippen molar-refractivity contribution < 1.29 is 21.6 Å². The number of hydrogen-bond acceptors (Lipinski definition) is 2. The van der Waals surface area contributed by atoms with E-state index in [0.717, 1.165) is 23.3 Å². The van der Waals surface area contributed by atoms with E-state index in [-0.39, 0.29) is 5.69 Å². The third-order valence-corrected chi connectivity index (χ3v) is 4.74. The molecular formula is C15H13ClF3NO2S. The SMILES string of the molecule is Cc1cc(C)cc(NS(=O)(=O)c2ccc(Cl)c(C(F)(F)F)c2)c1. The van der Waals surface area contributed by atoms with Crippen molar-refractivity contribution in [1.29, 1.82) is 0 Å². The molecule has 0 amide bonds. The fourth-order valence-electron chi connectivity index (χ4n) is 2.14. The van der Waals surface area contributed by atoms with Crippen molar-refractivity contribution in [3.05, 3.63) is 58.1 Å². The van der Waals surface area contributed by atoms with E-state index in [0.29, 0.717) is 6.07 Å². The Morgan fingerprint density at radius 2 is 1.57 bits per heavy atom. The maximum Gasteiger partial charge on any atom is 0.417 e. The first-order valence-corrected chi connectivity index (χ1v) is 8.33. The summed E-state index contributed by atoms with van der Waals surface area (Å²) in [6.07, 6.45) is -4.73. The van der Waals surface area contributed by atoms with Crippen molar-refractivity contribution >= 4 is 27.3 Å². The van der Waals surface area contributed by atoms with Gasteiger partial charge in [-0.1, -0.05) is 17.7 Å². The number of benzene rings is 2. The maximum atomic E-state index is 12.8. The van der Waals surface area contributed by atoms with Gasteiger partial charge >= 0.3 is 6.18 Å². The quantitative estimate of drug-likeness (QED) is 0.853. The Kier molecular flexibility index (Phi) is 4.64. The molecule has 0 aliphatic rings. The maximum absolute atomic E-state index is 12.8. The van der Waals surface area contributed by atoms with Crippen LogP contribution in [-0.2, 0) is 16.2 Å². The molecule has 23 heavy (non-hydrogen) atoms. The van der Waals surface area contributed by atoms with Gasteiger partial charge in [0, 0.05) is 5.69 Å². The molecule has 0 spiro atoms. The van der Waals surface area contributed by atoms with Crippen LogP contribution in [-0.4, -0.2) is 8.42 Å². The minimum atomic E-state index is -4.73. The van der Waals surface area contributed by atoms with Crippen molar-refractivity contribution in [1.82, 2.24) is 0 Å². The zero-order valence-corrected chi connectivity index (χ0v) is 13.8. The van der Waals surface area contributed by atoms with Crippen molar-refractivity contribution in [3.63, 3.8) is 0 Å². The Labute approximate surface area is 137 Å². The van der Waals surface area contributed by atoms with E-state index in [1.807, 2.05) is 6.07 Å². The minimum absolute atomic E-state index is 0.283. The normalized spacial score (nSPS) is 12.3. The predicted molar refractivity (Wildman–Crippen MR) is 83.2 cm³/mol. The van der Waals surface area contributed by atoms with Gasteiger partial charge in [0.1, 0.15) is 0 Å². The lowest BCUT2D eigenvalue weighted by atomic mass is 10.1.